The minimum absolute atomic E-state index is 0.279. The van der Waals surface area contributed by atoms with E-state index < -0.39 is 20.2 Å². The van der Waals surface area contributed by atoms with Gasteiger partial charge in [0.15, 0.2) is 0 Å². The Bertz CT molecular complexity index is 488. The van der Waals surface area contributed by atoms with Gasteiger partial charge in [-0.1, -0.05) is 26.7 Å². The summed E-state index contributed by atoms with van der Waals surface area (Å²) >= 11 is 0. The van der Waals surface area contributed by atoms with Crippen LogP contribution in [0.2, 0.25) is 0 Å². The van der Waals surface area contributed by atoms with E-state index in [0.29, 0.717) is 26.2 Å². The van der Waals surface area contributed by atoms with Gasteiger partial charge < -0.3 is 9.80 Å². The monoisotopic (exact) mass is 402 g/mol. The van der Waals surface area contributed by atoms with Crippen LogP contribution in [0, 0.1) is 0 Å². The van der Waals surface area contributed by atoms with Gasteiger partial charge in [0.2, 0.25) is 0 Å². The van der Waals surface area contributed by atoms with Crippen LogP contribution in [0.15, 0.2) is 0 Å². The molecule has 0 bridgehead atoms. The number of unbranched alkanes of at least 4 members (excludes halogenated alkanes) is 2. The SMILES string of the molecule is CCCCN(CCCN(CCCC)CCS(=O)(=O)O)CCS(=O)(=O)O. The van der Waals surface area contributed by atoms with Crippen molar-refractivity contribution in [3.8, 4) is 0 Å². The molecule has 0 aromatic rings. The first-order valence-corrected chi connectivity index (χ1v) is 12.1. The lowest BCUT2D eigenvalue weighted by Crippen LogP contribution is -2.35. The largest absolute Gasteiger partial charge is 0.302 e. The Morgan fingerprint density at radius 3 is 1.20 bits per heavy atom. The molecule has 25 heavy (non-hydrogen) atoms. The summed E-state index contributed by atoms with van der Waals surface area (Å²) in [6, 6.07) is 0. The third-order valence-corrected chi connectivity index (χ3v) is 5.33. The van der Waals surface area contributed by atoms with Gasteiger partial charge in [-0.05, 0) is 45.4 Å². The van der Waals surface area contributed by atoms with Crippen LogP contribution in [0.3, 0.4) is 0 Å². The maximum absolute atomic E-state index is 10.9. The molecule has 0 aliphatic carbocycles. The summed E-state index contributed by atoms with van der Waals surface area (Å²) in [5, 5.41) is 0. The number of rotatable bonds is 16. The Morgan fingerprint density at radius 1 is 0.600 bits per heavy atom. The molecule has 152 valence electrons. The highest BCUT2D eigenvalue weighted by molar-refractivity contribution is 7.86. The summed E-state index contributed by atoms with van der Waals surface area (Å²) in [6.45, 7) is 7.61. The van der Waals surface area contributed by atoms with Crippen molar-refractivity contribution < 1.29 is 25.9 Å². The molecule has 0 atom stereocenters. The van der Waals surface area contributed by atoms with Crippen LogP contribution in [0.1, 0.15) is 46.0 Å². The van der Waals surface area contributed by atoms with Crippen LogP contribution in [-0.4, -0.2) is 86.5 Å². The van der Waals surface area contributed by atoms with Crippen LogP contribution in [0.25, 0.3) is 0 Å². The van der Waals surface area contributed by atoms with Crippen molar-refractivity contribution in [3.05, 3.63) is 0 Å². The van der Waals surface area contributed by atoms with Gasteiger partial charge in [-0.25, -0.2) is 0 Å². The molecule has 0 saturated heterocycles. The quantitative estimate of drug-likeness (QED) is 0.372. The van der Waals surface area contributed by atoms with Gasteiger partial charge >= 0.3 is 0 Å². The lowest BCUT2D eigenvalue weighted by atomic mass is 10.2. The topological polar surface area (TPSA) is 115 Å². The minimum Gasteiger partial charge on any atom is -0.302 e. The highest BCUT2D eigenvalue weighted by Crippen LogP contribution is 2.02. The van der Waals surface area contributed by atoms with Crippen LogP contribution in [-0.2, 0) is 20.2 Å². The molecular formula is C15H34N2O6S2. The third kappa shape index (κ3) is 16.9. The van der Waals surface area contributed by atoms with E-state index in [0.717, 1.165) is 45.2 Å². The highest BCUT2D eigenvalue weighted by Gasteiger charge is 2.13. The maximum Gasteiger partial charge on any atom is 0.266 e. The maximum atomic E-state index is 10.9. The Morgan fingerprint density at radius 2 is 0.920 bits per heavy atom. The van der Waals surface area contributed by atoms with Gasteiger partial charge in [-0.15, -0.1) is 0 Å². The predicted octanol–water partition coefficient (Wildman–Crippen LogP) is 1.36. The standard InChI is InChI=1S/C15H34N2O6S2/c1-3-5-8-16(12-14-24(18,19)20)10-7-11-17(9-6-4-2)13-15-25(21,22)23/h3-15H2,1-2H3,(H,18,19,20)(H,21,22,23). The van der Waals surface area contributed by atoms with Gasteiger partial charge in [0.05, 0.1) is 11.5 Å². The summed E-state index contributed by atoms with van der Waals surface area (Å²) in [7, 11) is -7.94. The van der Waals surface area contributed by atoms with E-state index in [-0.39, 0.29) is 11.5 Å². The lowest BCUT2D eigenvalue weighted by Gasteiger charge is -2.25. The summed E-state index contributed by atoms with van der Waals surface area (Å²) in [6.07, 6.45) is 4.67. The van der Waals surface area contributed by atoms with Crippen LogP contribution in [0.4, 0.5) is 0 Å². The van der Waals surface area contributed by atoms with E-state index >= 15 is 0 Å². The molecule has 0 aromatic carbocycles. The van der Waals surface area contributed by atoms with E-state index in [1.54, 1.807) is 0 Å². The van der Waals surface area contributed by atoms with Gasteiger partial charge in [0.25, 0.3) is 20.2 Å². The molecule has 0 fully saturated rings. The molecule has 0 aliphatic heterocycles. The molecular weight excluding hydrogens is 368 g/mol. The van der Waals surface area contributed by atoms with E-state index in [1.165, 1.54) is 0 Å². The fourth-order valence-corrected chi connectivity index (χ4v) is 3.42. The van der Waals surface area contributed by atoms with E-state index in [1.807, 2.05) is 9.80 Å². The molecule has 10 heteroatoms. The zero-order valence-electron chi connectivity index (χ0n) is 15.4. The molecule has 0 amide bonds. The summed E-state index contributed by atoms with van der Waals surface area (Å²) < 4.78 is 61.5. The number of nitrogens with zero attached hydrogens (tertiary/aromatic N) is 2. The van der Waals surface area contributed by atoms with Crippen molar-refractivity contribution >= 4 is 20.2 Å². The molecule has 0 heterocycles. The average Bonchev–Trinajstić information content (AvgIpc) is 2.49. The third-order valence-electron chi connectivity index (χ3n) is 3.94. The van der Waals surface area contributed by atoms with E-state index in [9.17, 15) is 16.8 Å². The van der Waals surface area contributed by atoms with Crippen molar-refractivity contribution in [2.75, 3.05) is 50.8 Å². The van der Waals surface area contributed by atoms with Crippen molar-refractivity contribution in [2.45, 2.75) is 46.0 Å². The second-order valence-corrected chi connectivity index (χ2v) is 9.46. The first-order chi connectivity index (χ1) is 11.6. The summed E-state index contributed by atoms with van der Waals surface area (Å²) in [4.78, 5) is 4.02. The van der Waals surface area contributed by atoms with Crippen molar-refractivity contribution in [1.29, 1.82) is 0 Å². The molecule has 0 unspecified atom stereocenters. The van der Waals surface area contributed by atoms with Crippen molar-refractivity contribution in [3.63, 3.8) is 0 Å². The molecule has 0 saturated carbocycles. The fraction of sp³-hybridized carbons (Fsp3) is 1.00. The molecule has 0 rings (SSSR count). The Kier molecular flexibility index (Phi) is 12.9. The number of hydrogen-bond donors (Lipinski definition) is 2. The first-order valence-electron chi connectivity index (χ1n) is 8.92. The summed E-state index contributed by atoms with van der Waals surface area (Å²) in [5.41, 5.74) is 0. The van der Waals surface area contributed by atoms with Crippen LogP contribution in [0.5, 0.6) is 0 Å². The molecule has 8 nitrogen and oxygen atoms in total. The zero-order valence-corrected chi connectivity index (χ0v) is 17.1. The van der Waals surface area contributed by atoms with Gasteiger partial charge in [0.1, 0.15) is 0 Å². The molecule has 2 N–H and O–H groups in total. The van der Waals surface area contributed by atoms with Crippen LogP contribution < -0.4 is 0 Å². The average molecular weight is 403 g/mol. The normalized spacial score (nSPS) is 13.0. The zero-order chi connectivity index (χ0) is 19.3. The Labute approximate surface area is 153 Å². The van der Waals surface area contributed by atoms with Gasteiger partial charge in [0, 0.05) is 13.1 Å². The molecule has 0 radical (unpaired) electrons. The highest BCUT2D eigenvalue weighted by atomic mass is 32.2. The fourth-order valence-electron chi connectivity index (χ4n) is 2.44. The predicted molar refractivity (Wildman–Crippen MR) is 100 cm³/mol. The Hall–Kier alpha value is -0.260. The van der Waals surface area contributed by atoms with E-state index in [4.69, 9.17) is 9.11 Å². The van der Waals surface area contributed by atoms with Gasteiger partial charge in [-0.2, -0.15) is 16.8 Å². The Balaban J connectivity index is 4.43. The number of hydrogen-bond acceptors (Lipinski definition) is 6. The first kappa shape index (κ1) is 24.7. The smallest absolute Gasteiger partial charge is 0.266 e. The minimum atomic E-state index is -3.97. The lowest BCUT2D eigenvalue weighted by molar-refractivity contribution is 0.233. The molecule has 0 aromatic heterocycles. The second-order valence-electron chi connectivity index (χ2n) is 6.32. The van der Waals surface area contributed by atoms with Crippen LogP contribution >= 0.6 is 0 Å². The molecule has 0 aliphatic rings. The summed E-state index contributed by atoms with van der Waals surface area (Å²) in [5.74, 6) is -0.558. The second kappa shape index (κ2) is 13.0. The molecule has 0 spiro atoms. The van der Waals surface area contributed by atoms with Crippen molar-refractivity contribution in [1.82, 2.24) is 9.80 Å². The van der Waals surface area contributed by atoms with Gasteiger partial charge in [-0.3, -0.25) is 9.11 Å². The van der Waals surface area contributed by atoms with Crippen molar-refractivity contribution in [2.24, 2.45) is 0 Å². The van der Waals surface area contributed by atoms with E-state index in [2.05, 4.69) is 13.8 Å².